The number of ether oxygens (including phenoxy) is 1. The van der Waals surface area contributed by atoms with E-state index in [-0.39, 0.29) is 24.4 Å². The molecule has 6 rings (SSSR count). The monoisotopic (exact) mass is 667 g/mol. The van der Waals surface area contributed by atoms with E-state index in [2.05, 4.69) is 28.1 Å². The number of nitrogen functional groups attached to an aromatic ring is 1. The Balaban J connectivity index is 1.10. The number of nitrogens with one attached hydrogen (secondary N) is 1. The predicted molar refractivity (Wildman–Crippen MR) is 180 cm³/mol. The Kier molecular flexibility index (Phi) is 9.94. The van der Waals surface area contributed by atoms with Gasteiger partial charge in [-0.2, -0.15) is 0 Å². The third-order valence-corrected chi connectivity index (χ3v) is 11.0. The van der Waals surface area contributed by atoms with Crippen LogP contribution < -0.4 is 11.1 Å². The molecular weight excluding hydrogens is 626 g/mol. The van der Waals surface area contributed by atoms with Crippen LogP contribution in [0.4, 0.5) is 20.3 Å². The maximum Gasteiger partial charge on any atom is 0.410 e. The fourth-order valence-electron chi connectivity index (χ4n) is 6.99. The number of terminal acetylenes is 1. The first-order valence-electron chi connectivity index (χ1n) is 16.1. The number of halogens is 1. The minimum atomic E-state index is -1.04. The molecule has 11 nitrogen and oxygen atoms in total. The number of nitrogens with zero attached hydrogens (tertiary/aromatic N) is 5. The normalized spacial score (nSPS) is 21.0. The van der Waals surface area contributed by atoms with E-state index in [0.29, 0.717) is 73.4 Å². The summed E-state index contributed by atoms with van der Waals surface area (Å²) in [5, 5.41) is 6.16. The van der Waals surface area contributed by atoms with Gasteiger partial charge in [-0.25, -0.2) is 9.59 Å². The molecule has 0 aliphatic carbocycles. The lowest BCUT2D eigenvalue weighted by atomic mass is 9.99. The molecule has 246 valence electrons. The zero-order valence-electron chi connectivity index (χ0n) is 26.3. The zero-order chi connectivity index (χ0) is 32.4. The number of piperazine rings is 1. The summed E-state index contributed by atoms with van der Waals surface area (Å²) >= 11 is 7.90. The minimum absolute atomic E-state index is 0.00947. The number of rotatable bonds is 6. The first kappa shape index (κ1) is 32.4. The Labute approximate surface area is 279 Å². The van der Waals surface area contributed by atoms with Crippen molar-refractivity contribution in [1.82, 2.24) is 24.5 Å². The smallest absolute Gasteiger partial charge is 0.410 e. The Morgan fingerprint density at radius 1 is 1.07 bits per heavy atom. The highest BCUT2D eigenvalue weighted by atomic mass is 35.5. The van der Waals surface area contributed by atoms with Crippen LogP contribution in [0.5, 0.6) is 0 Å². The molecule has 1 atom stereocenters. The summed E-state index contributed by atoms with van der Waals surface area (Å²) in [6.45, 7) is 6.82. The van der Waals surface area contributed by atoms with Crippen LogP contribution in [-0.2, 0) is 22.5 Å². The maximum absolute atomic E-state index is 14.0. The second-order valence-electron chi connectivity index (χ2n) is 12.7. The van der Waals surface area contributed by atoms with Gasteiger partial charge in [0, 0.05) is 82.0 Å². The van der Waals surface area contributed by atoms with Crippen molar-refractivity contribution < 1.29 is 19.1 Å². The van der Waals surface area contributed by atoms with Crippen LogP contribution in [0.3, 0.4) is 0 Å². The average Bonchev–Trinajstić information content (AvgIpc) is 3.53. The molecule has 0 radical (unpaired) electrons. The number of fused-ring (bicyclic) bond motifs is 1. The van der Waals surface area contributed by atoms with Crippen molar-refractivity contribution in [3.63, 3.8) is 0 Å². The van der Waals surface area contributed by atoms with E-state index < -0.39 is 12.2 Å². The van der Waals surface area contributed by atoms with Gasteiger partial charge in [0.15, 0.2) is 6.10 Å². The number of piperidine rings is 2. The highest BCUT2D eigenvalue weighted by molar-refractivity contribution is 7.14. The summed E-state index contributed by atoms with van der Waals surface area (Å²) in [6.07, 6.45) is 7.23. The van der Waals surface area contributed by atoms with Crippen molar-refractivity contribution in [2.24, 2.45) is 0 Å². The van der Waals surface area contributed by atoms with Gasteiger partial charge in [-0.3, -0.25) is 15.0 Å². The number of benzene rings is 1. The van der Waals surface area contributed by atoms with E-state index >= 15 is 0 Å². The molecule has 1 aromatic carbocycles. The van der Waals surface area contributed by atoms with E-state index in [1.807, 2.05) is 21.2 Å². The van der Waals surface area contributed by atoms with E-state index in [1.54, 1.807) is 17.0 Å². The molecule has 4 aliphatic rings. The van der Waals surface area contributed by atoms with Crippen molar-refractivity contribution in [2.75, 3.05) is 70.5 Å². The standard InChI is InChI=1S/C33H42ClN7O4S/c1-3-23-18-22(19-27(34)29(23)35)20-28(31(42)39-9-4-25(5-10-39)38-15-13-37(2)14-16-38)45-33(44)40-11-6-26(7-12-40)41-21-24-8-17-46-30(24)36-32(41)43/h1,8,17-19,25-26,28H,4-7,9-16,20-21,35H2,2H3,(H,36,43)/t28-/m1/s1. The van der Waals surface area contributed by atoms with Gasteiger partial charge in [0.25, 0.3) is 5.91 Å². The lowest BCUT2D eigenvalue weighted by Crippen LogP contribution is -2.54. The number of carbonyl (C=O) groups excluding carboxylic acids is 3. The second-order valence-corrected chi connectivity index (χ2v) is 14.0. The predicted octanol–water partition coefficient (Wildman–Crippen LogP) is 3.76. The third kappa shape index (κ3) is 7.08. The maximum atomic E-state index is 14.0. The molecule has 5 heterocycles. The zero-order valence-corrected chi connectivity index (χ0v) is 27.8. The van der Waals surface area contributed by atoms with Gasteiger partial charge in [0.1, 0.15) is 5.00 Å². The average molecular weight is 668 g/mol. The molecule has 3 fully saturated rings. The molecule has 4 aliphatic heterocycles. The third-order valence-electron chi connectivity index (χ3n) is 9.85. The molecule has 4 amide bonds. The quantitative estimate of drug-likeness (QED) is 0.356. The van der Waals surface area contributed by atoms with Gasteiger partial charge in [0.05, 0.1) is 17.3 Å². The number of hydrogen-bond donors (Lipinski definition) is 2. The Morgan fingerprint density at radius 3 is 2.43 bits per heavy atom. The van der Waals surface area contributed by atoms with Crippen LogP contribution in [0, 0.1) is 12.3 Å². The SMILES string of the molecule is C#Cc1cc(C[C@@H](OC(=O)N2CCC(N3Cc4ccsc4NC3=O)CC2)C(=O)N2CCC(N3CCN(C)CC3)CC2)cc(Cl)c1N. The summed E-state index contributed by atoms with van der Waals surface area (Å²) < 4.78 is 6.01. The Hall–Kier alpha value is -3.50. The fraction of sp³-hybridized carbons (Fsp3) is 0.545. The molecule has 3 N–H and O–H groups in total. The summed E-state index contributed by atoms with van der Waals surface area (Å²) in [6, 6.07) is 5.79. The molecule has 2 aromatic rings. The van der Waals surface area contributed by atoms with Crippen molar-refractivity contribution in [3.8, 4) is 12.3 Å². The summed E-state index contributed by atoms with van der Waals surface area (Å²) in [4.78, 5) is 50.5. The Bertz CT molecular complexity index is 1490. The van der Waals surface area contributed by atoms with Crippen molar-refractivity contribution >= 4 is 51.7 Å². The number of anilines is 2. The van der Waals surface area contributed by atoms with Gasteiger partial charge >= 0.3 is 12.1 Å². The van der Waals surface area contributed by atoms with Crippen LogP contribution in [-0.4, -0.2) is 120 Å². The van der Waals surface area contributed by atoms with Crippen molar-refractivity contribution in [1.29, 1.82) is 0 Å². The Morgan fingerprint density at radius 2 is 1.74 bits per heavy atom. The first-order chi connectivity index (χ1) is 22.2. The number of urea groups is 1. The number of amides is 4. The van der Waals surface area contributed by atoms with E-state index in [9.17, 15) is 14.4 Å². The van der Waals surface area contributed by atoms with E-state index in [1.165, 1.54) is 11.3 Å². The fourth-order valence-corrected chi connectivity index (χ4v) is 8.03. The molecule has 0 unspecified atom stereocenters. The number of nitrogens with two attached hydrogens (primary N) is 1. The molecule has 0 spiro atoms. The van der Waals surface area contributed by atoms with Crippen LogP contribution in [0.2, 0.25) is 5.02 Å². The van der Waals surface area contributed by atoms with Crippen LogP contribution in [0.1, 0.15) is 42.4 Å². The lowest BCUT2D eigenvalue weighted by Gasteiger charge is -2.42. The minimum Gasteiger partial charge on any atom is -0.436 e. The van der Waals surface area contributed by atoms with Crippen LogP contribution in [0.15, 0.2) is 23.6 Å². The van der Waals surface area contributed by atoms with Crippen LogP contribution in [0.25, 0.3) is 0 Å². The summed E-state index contributed by atoms with van der Waals surface area (Å²) in [5.41, 5.74) is 8.57. The molecule has 1 aromatic heterocycles. The van der Waals surface area contributed by atoms with Gasteiger partial charge in [-0.05, 0) is 61.9 Å². The molecule has 0 saturated carbocycles. The van der Waals surface area contributed by atoms with Crippen molar-refractivity contribution in [3.05, 3.63) is 45.3 Å². The number of likely N-dealkylation sites (tertiary alicyclic amines) is 2. The van der Waals surface area contributed by atoms with Crippen molar-refractivity contribution in [2.45, 2.75) is 56.8 Å². The number of thiophene rings is 1. The van der Waals surface area contributed by atoms with Gasteiger partial charge < -0.3 is 30.1 Å². The number of carbonyl (C=O) groups is 3. The van der Waals surface area contributed by atoms with Gasteiger partial charge in [-0.15, -0.1) is 17.8 Å². The summed E-state index contributed by atoms with van der Waals surface area (Å²) in [7, 11) is 2.15. The lowest BCUT2D eigenvalue weighted by molar-refractivity contribution is -0.142. The topological polar surface area (TPSA) is 115 Å². The summed E-state index contributed by atoms with van der Waals surface area (Å²) in [5.74, 6) is 2.34. The first-order valence-corrected chi connectivity index (χ1v) is 17.3. The number of likely N-dealkylation sites (N-methyl/N-ethyl adjacent to an activating group) is 1. The highest BCUT2D eigenvalue weighted by Crippen LogP contribution is 2.32. The van der Waals surface area contributed by atoms with Gasteiger partial charge in [-0.1, -0.05) is 17.5 Å². The van der Waals surface area contributed by atoms with Crippen LogP contribution >= 0.6 is 22.9 Å². The molecule has 3 saturated heterocycles. The van der Waals surface area contributed by atoms with E-state index in [0.717, 1.165) is 49.6 Å². The molecule has 13 heteroatoms. The largest absolute Gasteiger partial charge is 0.436 e. The van der Waals surface area contributed by atoms with E-state index in [4.69, 9.17) is 28.5 Å². The van der Waals surface area contributed by atoms with Gasteiger partial charge in [0.2, 0.25) is 0 Å². The molecule has 46 heavy (non-hydrogen) atoms. The highest BCUT2D eigenvalue weighted by Gasteiger charge is 2.37. The number of hydrogen-bond acceptors (Lipinski definition) is 8. The molecule has 0 bridgehead atoms. The molecular formula is C33H42ClN7O4S. The second kappa shape index (κ2) is 14.1.